The molecule has 1 heterocycles. The molecule has 4 heteroatoms. The molecule has 4 nitrogen and oxygen atoms in total. The molecular weight excluding hydrogens is 324 g/mol. The van der Waals surface area contributed by atoms with Crippen LogP contribution >= 0.6 is 0 Å². The molecule has 2 aliphatic rings. The van der Waals surface area contributed by atoms with E-state index in [1.54, 1.807) is 0 Å². The minimum Gasteiger partial charge on any atom is -0.477 e. The first-order chi connectivity index (χ1) is 12.7. The SMILES string of the molecule is O=C(O)c1ncnc(CC[C@H]2CCC[C@@H](c3ccccc3)C2)c1C1CC1. The van der Waals surface area contributed by atoms with Crippen LogP contribution in [0.25, 0.3) is 0 Å². The van der Waals surface area contributed by atoms with Crippen molar-refractivity contribution in [2.45, 2.75) is 63.2 Å². The second kappa shape index (κ2) is 7.56. The third kappa shape index (κ3) is 3.79. The lowest BCUT2D eigenvalue weighted by atomic mass is 9.76. The molecule has 0 unspecified atom stereocenters. The molecule has 0 amide bonds. The lowest BCUT2D eigenvalue weighted by Crippen LogP contribution is -2.16. The van der Waals surface area contributed by atoms with Gasteiger partial charge in [0.1, 0.15) is 6.33 Å². The predicted molar refractivity (Wildman–Crippen MR) is 100 cm³/mol. The number of carboxylic acids is 1. The highest BCUT2D eigenvalue weighted by Crippen LogP contribution is 2.43. The average molecular weight is 350 g/mol. The largest absolute Gasteiger partial charge is 0.477 e. The van der Waals surface area contributed by atoms with Gasteiger partial charge in [-0.2, -0.15) is 0 Å². The summed E-state index contributed by atoms with van der Waals surface area (Å²) in [5.41, 5.74) is 3.58. The lowest BCUT2D eigenvalue weighted by molar-refractivity contribution is 0.0688. The van der Waals surface area contributed by atoms with Crippen LogP contribution in [0, 0.1) is 5.92 Å². The molecule has 1 aromatic heterocycles. The Morgan fingerprint density at radius 3 is 2.58 bits per heavy atom. The number of hydrogen-bond donors (Lipinski definition) is 1. The Kier molecular flexibility index (Phi) is 5.00. The zero-order chi connectivity index (χ0) is 17.9. The van der Waals surface area contributed by atoms with Crippen LogP contribution in [-0.2, 0) is 6.42 Å². The van der Waals surface area contributed by atoms with Gasteiger partial charge in [-0.15, -0.1) is 0 Å². The number of aryl methyl sites for hydroxylation is 1. The van der Waals surface area contributed by atoms with Gasteiger partial charge in [-0.3, -0.25) is 0 Å². The molecule has 0 saturated heterocycles. The zero-order valence-corrected chi connectivity index (χ0v) is 15.1. The van der Waals surface area contributed by atoms with Crippen molar-refractivity contribution in [2.24, 2.45) is 5.92 Å². The van der Waals surface area contributed by atoms with E-state index < -0.39 is 5.97 Å². The highest BCUT2D eigenvalue weighted by atomic mass is 16.4. The van der Waals surface area contributed by atoms with Crippen molar-refractivity contribution in [3.8, 4) is 0 Å². The van der Waals surface area contributed by atoms with Crippen molar-refractivity contribution in [1.29, 1.82) is 0 Å². The van der Waals surface area contributed by atoms with E-state index in [2.05, 4.69) is 40.3 Å². The minimum atomic E-state index is -0.919. The fourth-order valence-electron chi connectivity index (χ4n) is 4.52. The Labute approximate surface area is 154 Å². The maximum Gasteiger partial charge on any atom is 0.354 e. The number of aromatic carboxylic acids is 1. The molecule has 0 bridgehead atoms. The zero-order valence-electron chi connectivity index (χ0n) is 15.1. The summed E-state index contributed by atoms with van der Waals surface area (Å²) in [6.07, 6.45) is 10.6. The van der Waals surface area contributed by atoms with E-state index in [0.29, 0.717) is 17.8 Å². The summed E-state index contributed by atoms with van der Waals surface area (Å²) in [5, 5.41) is 9.45. The number of rotatable bonds is 6. The average Bonchev–Trinajstić information content (AvgIpc) is 3.52. The van der Waals surface area contributed by atoms with Crippen molar-refractivity contribution in [3.05, 3.63) is 59.2 Å². The third-order valence-corrected chi connectivity index (χ3v) is 6.00. The molecule has 2 fully saturated rings. The van der Waals surface area contributed by atoms with Gasteiger partial charge < -0.3 is 5.11 Å². The summed E-state index contributed by atoms with van der Waals surface area (Å²) in [6.45, 7) is 0. The summed E-state index contributed by atoms with van der Waals surface area (Å²) < 4.78 is 0. The number of benzene rings is 1. The minimum absolute atomic E-state index is 0.225. The Balaban J connectivity index is 1.44. The summed E-state index contributed by atoms with van der Waals surface area (Å²) in [4.78, 5) is 20.0. The second-order valence-electron chi connectivity index (χ2n) is 7.84. The molecule has 2 aromatic rings. The number of aromatic nitrogens is 2. The maximum atomic E-state index is 11.5. The number of carbonyl (C=O) groups is 1. The van der Waals surface area contributed by atoms with Crippen LogP contribution < -0.4 is 0 Å². The number of carboxylic acid groups (broad SMARTS) is 1. The molecule has 0 aliphatic heterocycles. The van der Waals surface area contributed by atoms with Crippen molar-refractivity contribution >= 4 is 5.97 Å². The van der Waals surface area contributed by atoms with Gasteiger partial charge in [0.2, 0.25) is 0 Å². The van der Waals surface area contributed by atoms with Gasteiger partial charge in [-0.25, -0.2) is 14.8 Å². The van der Waals surface area contributed by atoms with Gasteiger partial charge in [-0.1, -0.05) is 43.2 Å². The van der Waals surface area contributed by atoms with E-state index in [-0.39, 0.29) is 5.69 Å². The number of nitrogens with zero attached hydrogens (tertiary/aromatic N) is 2. The number of hydrogen-bond acceptors (Lipinski definition) is 3. The van der Waals surface area contributed by atoms with Crippen LogP contribution in [0.4, 0.5) is 0 Å². The Morgan fingerprint density at radius 1 is 1.04 bits per heavy atom. The van der Waals surface area contributed by atoms with Gasteiger partial charge >= 0.3 is 5.97 Å². The van der Waals surface area contributed by atoms with Crippen LogP contribution in [0.15, 0.2) is 36.7 Å². The van der Waals surface area contributed by atoms with E-state index in [1.807, 2.05) is 0 Å². The molecule has 2 saturated carbocycles. The van der Waals surface area contributed by atoms with Crippen LogP contribution in [0.2, 0.25) is 0 Å². The molecule has 4 rings (SSSR count). The van der Waals surface area contributed by atoms with Gasteiger partial charge in [0.25, 0.3) is 0 Å². The topological polar surface area (TPSA) is 63.1 Å². The molecular formula is C22H26N2O2. The molecule has 136 valence electrons. The Hall–Kier alpha value is -2.23. The van der Waals surface area contributed by atoms with Gasteiger partial charge in [0, 0.05) is 11.3 Å². The first-order valence-electron chi connectivity index (χ1n) is 9.84. The van der Waals surface area contributed by atoms with E-state index in [9.17, 15) is 9.90 Å². The molecule has 1 N–H and O–H groups in total. The van der Waals surface area contributed by atoms with Crippen LogP contribution in [0.5, 0.6) is 0 Å². The molecule has 2 aliphatic carbocycles. The Morgan fingerprint density at radius 2 is 1.85 bits per heavy atom. The first-order valence-corrected chi connectivity index (χ1v) is 9.84. The Bertz CT molecular complexity index is 771. The maximum absolute atomic E-state index is 11.5. The van der Waals surface area contributed by atoms with Crippen LogP contribution in [0.3, 0.4) is 0 Å². The third-order valence-electron chi connectivity index (χ3n) is 6.00. The van der Waals surface area contributed by atoms with Crippen LogP contribution in [0.1, 0.15) is 84.1 Å². The van der Waals surface area contributed by atoms with E-state index in [0.717, 1.165) is 36.9 Å². The monoisotopic (exact) mass is 350 g/mol. The molecule has 2 atom stereocenters. The van der Waals surface area contributed by atoms with E-state index in [4.69, 9.17) is 0 Å². The molecule has 1 aromatic carbocycles. The fraction of sp³-hybridized carbons (Fsp3) is 0.500. The first kappa shape index (κ1) is 17.2. The smallest absolute Gasteiger partial charge is 0.354 e. The summed E-state index contributed by atoms with van der Waals surface area (Å²) in [6, 6.07) is 10.9. The summed E-state index contributed by atoms with van der Waals surface area (Å²) >= 11 is 0. The fourth-order valence-corrected chi connectivity index (χ4v) is 4.52. The highest BCUT2D eigenvalue weighted by Gasteiger charge is 2.32. The van der Waals surface area contributed by atoms with Gasteiger partial charge in [-0.05, 0) is 61.8 Å². The lowest BCUT2D eigenvalue weighted by Gasteiger charge is -2.29. The molecule has 26 heavy (non-hydrogen) atoms. The summed E-state index contributed by atoms with van der Waals surface area (Å²) in [7, 11) is 0. The molecule has 0 radical (unpaired) electrons. The second-order valence-corrected chi connectivity index (χ2v) is 7.84. The van der Waals surface area contributed by atoms with Crippen LogP contribution in [-0.4, -0.2) is 21.0 Å². The molecule has 0 spiro atoms. The quantitative estimate of drug-likeness (QED) is 0.800. The van der Waals surface area contributed by atoms with Crippen molar-refractivity contribution < 1.29 is 9.90 Å². The van der Waals surface area contributed by atoms with Crippen molar-refractivity contribution in [2.75, 3.05) is 0 Å². The standard InChI is InChI=1S/C22H26N2O2/c25-22(26)21-20(17-10-11-17)19(23-14-24-21)12-9-15-5-4-8-18(13-15)16-6-2-1-3-7-16/h1-3,6-7,14-15,17-18H,4-5,8-13H2,(H,25,26)/t15-,18-/m1/s1. The highest BCUT2D eigenvalue weighted by molar-refractivity contribution is 5.87. The predicted octanol–water partition coefficient (Wildman–Crippen LogP) is 4.96. The van der Waals surface area contributed by atoms with Crippen molar-refractivity contribution in [1.82, 2.24) is 9.97 Å². The van der Waals surface area contributed by atoms with E-state index in [1.165, 1.54) is 37.6 Å². The summed E-state index contributed by atoms with van der Waals surface area (Å²) in [5.74, 6) is 0.806. The van der Waals surface area contributed by atoms with Crippen molar-refractivity contribution in [3.63, 3.8) is 0 Å². The van der Waals surface area contributed by atoms with E-state index >= 15 is 0 Å². The van der Waals surface area contributed by atoms with Gasteiger partial charge in [0.15, 0.2) is 5.69 Å². The normalized spacial score (nSPS) is 22.9. The van der Waals surface area contributed by atoms with Gasteiger partial charge in [0.05, 0.1) is 0 Å².